The lowest BCUT2D eigenvalue weighted by Gasteiger charge is -2.30. The molecule has 0 radical (unpaired) electrons. The number of ether oxygens (including phenoxy) is 3. The van der Waals surface area contributed by atoms with Crippen molar-refractivity contribution in [3.05, 3.63) is 95.8 Å². The molecule has 0 saturated carbocycles. The average molecular weight is 929 g/mol. The van der Waals surface area contributed by atoms with Gasteiger partial charge in [-0.3, -0.25) is 14.4 Å². The Kier molecular flexibility index (Phi) is 13.8. The first-order valence-corrected chi connectivity index (χ1v) is 23.0. The van der Waals surface area contributed by atoms with Crippen LogP contribution in [0.5, 0.6) is 11.5 Å². The maximum absolute atomic E-state index is 14.3. The highest BCUT2D eigenvalue weighted by Crippen LogP contribution is 2.40. The third kappa shape index (κ3) is 9.44. The van der Waals surface area contributed by atoms with Gasteiger partial charge in [0.25, 0.3) is 0 Å². The standard InChI is InChI=1S/C50H60N10O8/c1-28(2)42(53-30(5)61)48(63)60-27-58(50(65)57-24-35-19-20-41(66-6)44(67-7)36(35)25-57)26-40(60)46-52-23-38(55-46)34-17-13-32(14-18-34)31-11-15-33(16-12-31)37-22-51-45(54-37)39-10-9-21-59(39)47(62)43(29(3)4)56-49(64)68-8/h11-20,22-23,28-29,39-40,42-43H,9-10,21,24-27H2,1-8H3,(H,51,54)(H,52,55)(H,53,61)(H,56,64)/t39-,40-,42-,43-/m0/s1. The van der Waals surface area contributed by atoms with E-state index in [1.54, 1.807) is 46.2 Å². The molecule has 0 bridgehead atoms. The summed E-state index contributed by atoms with van der Waals surface area (Å²) in [6.45, 7) is 10.4. The predicted molar refractivity (Wildman–Crippen MR) is 253 cm³/mol. The smallest absolute Gasteiger partial charge is 0.407 e. The van der Waals surface area contributed by atoms with Gasteiger partial charge in [-0.25, -0.2) is 19.6 Å². The van der Waals surface area contributed by atoms with Crippen molar-refractivity contribution < 1.29 is 38.2 Å². The maximum atomic E-state index is 14.3. The third-order valence-electron chi connectivity index (χ3n) is 13.1. The lowest BCUT2D eigenvalue weighted by Crippen LogP contribution is -2.51. The second-order valence-corrected chi connectivity index (χ2v) is 18.3. The van der Waals surface area contributed by atoms with Gasteiger partial charge in [0.1, 0.15) is 29.8 Å². The zero-order valence-electron chi connectivity index (χ0n) is 39.8. The minimum atomic E-state index is -0.798. The molecular weight excluding hydrogens is 869 g/mol. The van der Waals surface area contributed by atoms with Crippen molar-refractivity contribution in [2.24, 2.45) is 11.8 Å². The Morgan fingerprint density at radius 3 is 1.78 bits per heavy atom. The number of methoxy groups -OCH3 is 3. The molecule has 8 rings (SSSR count). The molecule has 0 aliphatic carbocycles. The fraction of sp³-hybridized carbons (Fsp3) is 0.420. The number of nitrogens with zero attached hydrogens (tertiary/aromatic N) is 6. The number of benzene rings is 3. The van der Waals surface area contributed by atoms with E-state index in [9.17, 15) is 24.0 Å². The molecule has 0 unspecified atom stereocenters. The van der Waals surface area contributed by atoms with Crippen molar-refractivity contribution >= 4 is 29.8 Å². The molecule has 68 heavy (non-hydrogen) atoms. The van der Waals surface area contributed by atoms with Gasteiger partial charge in [-0.2, -0.15) is 0 Å². The van der Waals surface area contributed by atoms with Crippen LogP contribution in [0.3, 0.4) is 0 Å². The van der Waals surface area contributed by atoms with Crippen LogP contribution in [0.25, 0.3) is 33.6 Å². The van der Waals surface area contributed by atoms with Crippen molar-refractivity contribution in [3.8, 4) is 45.1 Å². The number of hydrogen-bond acceptors (Lipinski definition) is 10. The van der Waals surface area contributed by atoms with Crippen LogP contribution >= 0.6 is 0 Å². The Labute approximate surface area is 395 Å². The molecule has 2 saturated heterocycles. The summed E-state index contributed by atoms with van der Waals surface area (Å²) in [4.78, 5) is 89.5. The summed E-state index contributed by atoms with van der Waals surface area (Å²) >= 11 is 0. The van der Waals surface area contributed by atoms with Gasteiger partial charge in [-0.1, -0.05) is 82.3 Å². The topological polar surface area (TPSA) is 207 Å². The summed E-state index contributed by atoms with van der Waals surface area (Å²) in [6, 6.07) is 17.4. The number of carbonyl (C=O) groups is 5. The summed E-state index contributed by atoms with van der Waals surface area (Å²) in [6.07, 6.45) is 4.47. The van der Waals surface area contributed by atoms with Crippen LogP contribution < -0.4 is 20.1 Å². The number of nitrogens with one attached hydrogen (secondary N) is 4. The minimum absolute atomic E-state index is 0.0140. The molecule has 3 aromatic carbocycles. The zero-order valence-corrected chi connectivity index (χ0v) is 39.8. The Morgan fingerprint density at radius 2 is 1.24 bits per heavy atom. The molecular formula is C50H60N10O8. The fourth-order valence-electron chi connectivity index (χ4n) is 9.48. The molecule has 3 aliphatic heterocycles. The maximum Gasteiger partial charge on any atom is 0.407 e. The number of likely N-dealkylation sites (tertiary alicyclic amines) is 1. The van der Waals surface area contributed by atoms with E-state index >= 15 is 0 Å². The quantitative estimate of drug-likeness (QED) is 0.0991. The summed E-state index contributed by atoms with van der Waals surface area (Å²) in [5, 5.41) is 5.52. The number of H-pyrrole nitrogens is 2. The molecule has 2 fully saturated rings. The first-order valence-electron chi connectivity index (χ1n) is 23.0. The molecule has 5 heterocycles. The Morgan fingerprint density at radius 1 is 0.676 bits per heavy atom. The minimum Gasteiger partial charge on any atom is -0.493 e. The van der Waals surface area contributed by atoms with E-state index < -0.39 is 24.2 Å². The van der Waals surface area contributed by atoms with Crippen LogP contribution in [-0.2, 0) is 32.2 Å². The van der Waals surface area contributed by atoms with Gasteiger partial charge in [0.2, 0.25) is 17.7 Å². The highest BCUT2D eigenvalue weighted by molar-refractivity contribution is 5.89. The third-order valence-corrected chi connectivity index (χ3v) is 13.1. The first kappa shape index (κ1) is 47.1. The number of amides is 6. The Bertz CT molecular complexity index is 2660. The normalized spacial score (nSPS) is 17.6. The molecule has 6 amide bonds. The van der Waals surface area contributed by atoms with E-state index in [0.29, 0.717) is 42.8 Å². The molecule has 3 aliphatic rings. The van der Waals surface area contributed by atoms with Gasteiger partial charge in [0.15, 0.2) is 11.5 Å². The van der Waals surface area contributed by atoms with Crippen molar-refractivity contribution in [3.63, 3.8) is 0 Å². The Hall–Kier alpha value is -7.37. The van der Waals surface area contributed by atoms with E-state index in [1.807, 2.05) is 76.2 Å². The van der Waals surface area contributed by atoms with Gasteiger partial charge in [0, 0.05) is 25.6 Å². The van der Waals surface area contributed by atoms with E-state index in [1.165, 1.54) is 14.0 Å². The van der Waals surface area contributed by atoms with E-state index in [4.69, 9.17) is 19.2 Å². The summed E-state index contributed by atoms with van der Waals surface area (Å²) < 4.78 is 15.9. The Balaban J connectivity index is 0.962. The van der Waals surface area contributed by atoms with Crippen molar-refractivity contribution in [2.45, 2.75) is 84.7 Å². The van der Waals surface area contributed by atoms with Gasteiger partial charge < -0.3 is 54.4 Å². The molecule has 18 nitrogen and oxygen atoms in total. The SMILES string of the molecule is COC(=O)N[C@H](C(=O)N1CCC[C@H]1c1ncc(-c2ccc(-c3ccc(-c4cnc([C@@H]5CN(C(=O)N6Cc7ccc(OC)c(OC)c7C6)CN5C(=O)[C@@H](NC(C)=O)C(C)C)[nH]4)cc3)cc2)[nH]1)C(C)C. The van der Waals surface area contributed by atoms with Crippen molar-refractivity contribution in [2.75, 3.05) is 41.1 Å². The fourth-order valence-corrected chi connectivity index (χ4v) is 9.48. The number of alkyl carbamates (subject to hydrolysis) is 1. The second kappa shape index (κ2) is 19.8. The van der Waals surface area contributed by atoms with Crippen LogP contribution in [0.1, 0.15) is 82.3 Å². The summed E-state index contributed by atoms with van der Waals surface area (Å²) in [7, 11) is 4.44. The summed E-state index contributed by atoms with van der Waals surface area (Å²) in [5.74, 6) is 1.30. The van der Waals surface area contributed by atoms with E-state index in [2.05, 4.69) is 37.7 Å². The van der Waals surface area contributed by atoms with E-state index in [0.717, 1.165) is 57.6 Å². The lowest BCUT2D eigenvalue weighted by molar-refractivity contribution is -0.138. The van der Waals surface area contributed by atoms with Crippen LogP contribution in [-0.4, -0.2) is 123 Å². The van der Waals surface area contributed by atoms with Crippen LogP contribution in [0.2, 0.25) is 0 Å². The molecule has 4 N–H and O–H groups in total. The number of hydrogen-bond donors (Lipinski definition) is 4. The highest BCUT2D eigenvalue weighted by atomic mass is 16.5. The first-order chi connectivity index (χ1) is 32.7. The molecule has 0 spiro atoms. The number of urea groups is 1. The van der Waals surface area contributed by atoms with Gasteiger partial charge in [-0.15, -0.1) is 0 Å². The summed E-state index contributed by atoms with van der Waals surface area (Å²) in [5.41, 5.74) is 7.27. The monoisotopic (exact) mass is 928 g/mol. The average Bonchev–Trinajstić information content (AvgIpc) is 4.20. The predicted octanol–water partition coefficient (Wildman–Crippen LogP) is 6.63. The largest absolute Gasteiger partial charge is 0.493 e. The number of carbonyl (C=O) groups excluding carboxylic acids is 5. The second-order valence-electron chi connectivity index (χ2n) is 18.3. The molecule has 4 atom stereocenters. The zero-order chi connectivity index (χ0) is 48.4. The van der Waals surface area contributed by atoms with E-state index in [-0.39, 0.29) is 54.8 Å². The van der Waals surface area contributed by atoms with Crippen molar-refractivity contribution in [1.82, 2.24) is 50.2 Å². The lowest BCUT2D eigenvalue weighted by atomic mass is 10.0. The number of aromatic nitrogens is 4. The highest BCUT2D eigenvalue weighted by Gasteiger charge is 2.44. The number of aromatic amines is 2. The van der Waals surface area contributed by atoms with Crippen molar-refractivity contribution in [1.29, 1.82) is 0 Å². The van der Waals surface area contributed by atoms with Crippen LogP contribution in [0, 0.1) is 11.8 Å². The number of rotatable bonds is 13. The van der Waals surface area contributed by atoms with Gasteiger partial charge in [-0.05, 0) is 58.6 Å². The number of fused-ring (bicyclic) bond motifs is 1. The van der Waals surface area contributed by atoms with Crippen LogP contribution in [0.15, 0.2) is 73.1 Å². The van der Waals surface area contributed by atoms with Gasteiger partial charge >= 0.3 is 12.1 Å². The molecule has 358 valence electrons. The van der Waals surface area contributed by atoms with Crippen LogP contribution in [0.4, 0.5) is 9.59 Å². The number of imidazole rings is 2. The molecule has 2 aromatic heterocycles. The van der Waals surface area contributed by atoms with Gasteiger partial charge in [0.05, 0.1) is 70.9 Å². The molecule has 18 heteroatoms. The molecule has 5 aromatic rings.